The van der Waals surface area contributed by atoms with Gasteiger partial charge in [0.05, 0.1) is 19.8 Å². The lowest BCUT2D eigenvalue weighted by Crippen LogP contribution is -2.36. The quantitative estimate of drug-likeness (QED) is 0.0478. The highest BCUT2D eigenvalue weighted by atomic mass is 16.6. The molecule has 0 aliphatic rings. The summed E-state index contributed by atoms with van der Waals surface area (Å²) < 4.78 is 25.3. The molecule has 0 N–H and O–H groups in total. The summed E-state index contributed by atoms with van der Waals surface area (Å²) in [5, 5.41) is 0. The smallest absolute Gasteiger partial charge is 0.326 e. The number of nitrogens with zero attached hydrogens (tertiary/aromatic N) is 1. The van der Waals surface area contributed by atoms with Gasteiger partial charge in [-0.25, -0.2) is 0 Å². The second-order valence-corrected chi connectivity index (χ2v) is 24.0. The largest absolute Gasteiger partial charge is 0.490 e. The van der Waals surface area contributed by atoms with E-state index in [1.54, 1.807) is 7.05 Å². The van der Waals surface area contributed by atoms with Gasteiger partial charge in [0.1, 0.15) is 12.1 Å². The summed E-state index contributed by atoms with van der Waals surface area (Å²) in [6.07, 6.45) is 63.6. The normalized spacial score (nSPS) is 11.6. The van der Waals surface area contributed by atoms with E-state index < -0.39 is 11.6 Å². The van der Waals surface area contributed by atoms with Gasteiger partial charge in [-0.2, -0.15) is 0 Å². The number of ether oxygens (including phenoxy) is 4. The van der Waals surface area contributed by atoms with Crippen LogP contribution >= 0.6 is 0 Å². The molecule has 440 valence electrons. The zero-order valence-corrected chi connectivity index (χ0v) is 51.3. The first-order chi connectivity index (χ1) is 36.6. The average Bonchev–Trinajstić information content (AvgIpc) is 3.38. The molecule has 0 radical (unpaired) electrons. The Bertz CT molecular complexity index is 1350. The minimum atomic E-state index is -0.631. The lowest BCUT2D eigenvalue weighted by Gasteiger charge is -2.23. The number of likely N-dealkylation sites (N-methyl/N-ethyl adjacent to an activating group) is 1. The van der Waals surface area contributed by atoms with Crippen LogP contribution in [-0.4, -0.2) is 55.8 Å². The molecule has 1 rings (SSSR count). The minimum Gasteiger partial charge on any atom is -0.490 e. The predicted molar refractivity (Wildman–Crippen MR) is 324 cm³/mol. The average molecular weight is 1050 g/mol. The van der Waals surface area contributed by atoms with Crippen molar-refractivity contribution in [3.63, 3.8) is 0 Å². The Hall–Kier alpha value is -2.44. The maximum Gasteiger partial charge on any atom is 0.326 e. The monoisotopic (exact) mass is 1050 g/mol. The lowest BCUT2D eigenvalue weighted by molar-refractivity contribution is -0.155. The predicted octanol–water partition coefficient (Wildman–Crippen LogP) is 22.0. The van der Waals surface area contributed by atoms with E-state index in [-0.39, 0.29) is 12.5 Å². The molecule has 7 nitrogen and oxygen atoms in total. The van der Waals surface area contributed by atoms with Gasteiger partial charge in [0, 0.05) is 12.6 Å². The van der Waals surface area contributed by atoms with Gasteiger partial charge in [0.25, 0.3) is 5.91 Å². The molecule has 75 heavy (non-hydrogen) atoms. The summed E-state index contributed by atoms with van der Waals surface area (Å²) in [4.78, 5) is 28.3. The molecule has 1 amide bonds. The molecule has 0 aliphatic carbocycles. The Balaban J connectivity index is 2.83. The van der Waals surface area contributed by atoms with Crippen LogP contribution in [0, 0.1) is 0 Å². The van der Waals surface area contributed by atoms with Crippen molar-refractivity contribution >= 4 is 11.9 Å². The van der Waals surface area contributed by atoms with E-state index in [1.807, 2.05) is 32.9 Å². The molecule has 0 saturated heterocycles. The van der Waals surface area contributed by atoms with E-state index in [9.17, 15) is 9.59 Å². The van der Waals surface area contributed by atoms with Crippen molar-refractivity contribution in [2.75, 3.05) is 33.4 Å². The maximum absolute atomic E-state index is 14.0. The second-order valence-electron chi connectivity index (χ2n) is 24.0. The Morgan fingerprint density at radius 3 is 0.827 bits per heavy atom. The molecule has 0 aliphatic heterocycles. The molecule has 0 fully saturated rings. The molecule has 0 atom stereocenters. The fourth-order valence-corrected chi connectivity index (χ4v) is 10.4. The molecule has 0 saturated carbocycles. The van der Waals surface area contributed by atoms with E-state index in [4.69, 9.17) is 18.9 Å². The van der Waals surface area contributed by atoms with Crippen molar-refractivity contribution in [3.8, 4) is 17.2 Å². The first-order valence-electron chi connectivity index (χ1n) is 33.2. The Morgan fingerprint density at radius 2 is 0.587 bits per heavy atom. The van der Waals surface area contributed by atoms with Crippen molar-refractivity contribution in [1.29, 1.82) is 0 Å². The number of rotatable bonds is 57. The van der Waals surface area contributed by atoms with E-state index in [0.29, 0.717) is 42.6 Å². The van der Waals surface area contributed by atoms with Gasteiger partial charge in [-0.1, -0.05) is 310 Å². The molecule has 0 aromatic heterocycles. The summed E-state index contributed by atoms with van der Waals surface area (Å²) >= 11 is 0. The number of benzene rings is 1. The van der Waals surface area contributed by atoms with Gasteiger partial charge in [0.2, 0.25) is 5.75 Å². The number of amides is 1. The molecular weight excluding hydrogens is 927 g/mol. The number of carbonyl (C=O) groups excluding carboxylic acids is 2. The Morgan fingerprint density at radius 1 is 0.360 bits per heavy atom. The van der Waals surface area contributed by atoms with Crippen LogP contribution in [-0.2, 0) is 9.53 Å². The van der Waals surface area contributed by atoms with Crippen molar-refractivity contribution < 1.29 is 28.5 Å². The summed E-state index contributed by atoms with van der Waals surface area (Å²) in [5.74, 6) is 1.02. The number of hydrogen-bond acceptors (Lipinski definition) is 6. The van der Waals surface area contributed by atoms with Crippen LogP contribution in [0.1, 0.15) is 360 Å². The summed E-state index contributed by atoms with van der Waals surface area (Å²) in [5.41, 5.74) is -0.201. The second kappa shape index (κ2) is 52.3. The Labute approximate surface area is 467 Å². The van der Waals surface area contributed by atoms with Crippen LogP contribution < -0.4 is 14.2 Å². The van der Waals surface area contributed by atoms with Crippen LogP contribution in [0.15, 0.2) is 12.1 Å². The zero-order valence-electron chi connectivity index (χ0n) is 51.3. The van der Waals surface area contributed by atoms with Crippen molar-refractivity contribution in [2.45, 2.75) is 355 Å². The van der Waals surface area contributed by atoms with E-state index in [1.165, 1.54) is 275 Å². The van der Waals surface area contributed by atoms with Crippen molar-refractivity contribution in [1.82, 2.24) is 4.90 Å². The van der Waals surface area contributed by atoms with Crippen LogP contribution in [0.4, 0.5) is 0 Å². The third-order valence-corrected chi connectivity index (χ3v) is 15.2. The highest BCUT2D eigenvalue weighted by Crippen LogP contribution is 2.40. The molecule has 0 bridgehead atoms. The van der Waals surface area contributed by atoms with Gasteiger partial charge >= 0.3 is 5.97 Å². The van der Waals surface area contributed by atoms with Crippen LogP contribution in [0.2, 0.25) is 0 Å². The third-order valence-electron chi connectivity index (χ3n) is 15.2. The number of unbranched alkanes of at least 4 members (excludes halogenated alkanes) is 45. The molecule has 7 heteroatoms. The van der Waals surface area contributed by atoms with E-state index in [2.05, 4.69) is 20.8 Å². The first-order valence-corrected chi connectivity index (χ1v) is 33.2. The molecule has 0 heterocycles. The first kappa shape index (κ1) is 70.6. The van der Waals surface area contributed by atoms with Crippen LogP contribution in [0.25, 0.3) is 0 Å². The van der Waals surface area contributed by atoms with Crippen LogP contribution in [0.3, 0.4) is 0 Å². The van der Waals surface area contributed by atoms with Crippen LogP contribution in [0.5, 0.6) is 17.2 Å². The van der Waals surface area contributed by atoms with Crippen molar-refractivity contribution in [3.05, 3.63) is 17.7 Å². The van der Waals surface area contributed by atoms with Gasteiger partial charge < -0.3 is 23.8 Å². The van der Waals surface area contributed by atoms with Crippen molar-refractivity contribution in [2.24, 2.45) is 0 Å². The highest BCUT2D eigenvalue weighted by molar-refractivity contribution is 5.97. The highest BCUT2D eigenvalue weighted by Gasteiger charge is 2.24. The summed E-state index contributed by atoms with van der Waals surface area (Å²) in [6.45, 7) is 14.0. The summed E-state index contributed by atoms with van der Waals surface area (Å²) in [7, 11) is 1.65. The molecule has 1 aromatic carbocycles. The van der Waals surface area contributed by atoms with Gasteiger partial charge in [0.15, 0.2) is 11.5 Å². The zero-order chi connectivity index (χ0) is 54.6. The van der Waals surface area contributed by atoms with Gasteiger partial charge in [-0.05, 0) is 52.2 Å². The molecular formula is C68H127NO6. The fraction of sp³-hybridized carbons (Fsp3) is 0.882. The Kier molecular flexibility index (Phi) is 49.2. The molecule has 0 spiro atoms. The number of carbonyl (C=O) groups is 2. The molecule has 1 aromatic rings. The fourth-order valence-electron chi connectivity index (χ4n) is 10.4. The minimum absolute atomic E-state index is 0.140. The maximum atomic E-state index is 14.0. The number of esters is 1. The molecule has 0 unspecified atom stereocenters. The lowest BCUT2D eigenvalue weighted by atomic mass is 10.0. The third kappa shape index (κ3) is 45.2. The van der Waals surface area contributed by atoms with E-state index >= 15 is 0 Å². The standard InChI is InChI=1S/C68H127NO6/c1-8-11-14-17-20-23-26-29-32-35-38-41-44-47-50-53-56-72-63-59-62(67(71)69(7)61-65(70)75-68(4,5)6)60-64(73-57-54-51-48-45-42-39-36-33-30-27-24-21-18-15-12-9-2)66(63)74-58-55-52-49-46-43-40-37-34-31-28-25-22-19-16-13-10-3/h59-60H,8-58,61H2,1-7H3. The topological polar surface area (TPSA) is 74.3 Å². The van der Waals surface area contributed by atoms with Gasteiger partial charge in [-0.15, -0.1) is 0 Å². The van der Waals surface area contributed by atoms with E-state index in [0.717, 1.165) is 38.5 Å². The van der Waals surface area contributed by atoms with Gasteiger partial charge in [-0.3, -0.25) is 9.59 Å². The number of hydrogen-bond donors (Lipinski definition) is 0. The SMILES string of the molecule is CCCCCCCCCCCCCCCCCCOc1cc(C(=O)N(C)CC(=O)OC(C)(C)C)cc(OCCCCCCCCCCCCCCCCCC)c1OCCCCCCCCCCCCCCCCCC. The summed E-state index contributed by atoms with van der Waals surface area (Å²) in [6, 6.07) is 3.62.